The van der Waals surface area contributed by atoms with E-state index in [4.69, 9.17) is 21.1 Å². The Morgan fingerprint density at radius 2 is 1.86 bits per heavy atom. The highest BCUT2D eigenvalue weighted by molar-refractivity contribution is 6.31. The van der Waals surface area contributed by atoms with Crippen molar-refractivity contribution in [3.8, 4) is 11.5 Å². The fourth-order valence-electron chi connectivity index (χ4n) is 2.05. The highest BCUT2D eigenvalue weighted by Gasteiger charge is 2.11. The van der Waals surface area contributed by atoms with E-state index in [0.29, 0.717) is 13.2 Å². The molecular formula is C17H29ClN2O2. The first-order chi connectivity index (χ1) is 10.6. The summed E-state index contributed by atoms with van der Waals surface area (Å²) >= 11 is 6.36. The predicted molar refractivity (Wildman–Crippen MR) is 93.3 cm³/mol. The maximum absolute atomic E-state index is 6.36. The molecule has 1 N–H and O–H groups in total. The molecule has 0 saturated carbocycles. The molecule has 0 aliphatic heterocycles. The number of hydrogen-bond donors (Lipinski definition) is 1. The molecule has 1 aromatic carbocycles. The van der Waals surface area contributed by atoms with Crippen molar-refractivity contribution in [2.75, 3.05) is 40.4 Å². The molecule has 1 rings (SSSR count). The summed E-state index contributed by atoms with van der Waals surface area (Å²) in [6.45, 7) is 8.10. The molecular weight excluding hydrogens is 300 g/mol. The van der Waals surface area contributed by atoms with Gasteiger partial charge in [-0.3, -0.25) is 0 Å². The SMILES string of the molecule is CCCOc1cc(Cl)c(CNCCCN(C)C)cc1OCC. The molecule has 4 nitrogen and oxygen atoms in total. The van der Waals surface area contributed by atoms with Gasteiger partial charge in [-0.15, -0.1) is 0 Å². The number of rotatable bonds is 11. The van der Waals surface area contributed by atoms with Crippen molar-refractivity contribution in [1.29, 1.82) is 0 Å². The number of ether oxygens (including phenoxy) is 2. The van der Waals surface area contributed by atoms with E-state index < -0.39 is 0 Å². The molecule has 0 spiro atoms. The van der Waals surface area contributed by atoms with Crippen LogP contribution in [0.4, 0.5) is 0 Å². The minimum absolute atomic E-state index is 0.611. The van der Waals surface area contributed by atoms with Gasteiger partial charge in [-0.1, -0.05) is 18.5 Å². The molecule has 0 unspecified atom stereocenters. The van der Waals surface area contributed by atoms with Crippen molar-refractivity contribution >= 4 is 11.6 Å². The number of halogens is 1. The second kappa shape index (κ2) is 10.7. The van der Waals surface area contributed by atoms with Gasteiger partial charge in [0.25, 0.3) is 0 Å². The van der Waals surface area contributed by atoms with Crippen molar-refractivity contribution in [2.24, 2.45) is 0 Å². The summed E-state index contributed by atoms with van der Waals surface area (Å²) in [5.74, 6) is 1.50. The maximum atomic E-state index is 6.36. The van der Waals surface area contributed by atoms with Crippen LogP contribution in [0.25, 0.3) is 0 Å². The quantitative estimate of drug-likeness (QED) is 0.630. The minimum Gasteiger partial charge on any atom is -0.490 e. The van der Waals surface area contributed by atoms with Gasteiger partial charge < -0.3 is 19.7 Å². The van der Waals surface area contributed by atoms with Crippen LogP contribution in [0, 0.1) is 0 Å². The van der Waals surface area contributed by atoms with Crippen LogP contribution in [-0.2, 0) is 6.54 Å². The zero-order valence-electron chi connectivity index (χ0n) is 14.2. The predicted octanol–water partition coefficient (Wildman–Crippen LogP) is 3.57. The van der Waals surface area contributed by atoms with Crippen molar-refractivity contribution in [1.82, 2.24) is 10.2 Å². The highest BCUT2D eigenvalue weighted by Crippen LogP contribution is 2.33. The van der Waals surface area contributed by atoms with Gasteiger partial charge in [0.2, 0.25) is 0 Å². The summed E-state index contributed by atoms with van der Waals surface area (Å²) in [6, 6.07) is 3.84. The molecule has 0 aliphatic carbocycles. The molecule has 0 bridgehead atoms. The Bertz CT molecular complexity index is 439. The van der Waals surface area contributed by atoms with E-state index in [9.17, 15) is 0 Å². The summed E-state index contributed by atoms with van der Waals surface area (Å²) in [5, 5.41) is 4.14. The highest BCUT2D eigenvalue weighted by atomic mass is 35.5. The average molecular weight is 329 g/mol. The van der Waals surface area contributed by atoms with Gasteiger partial charge in [-0.25, -0.2) is 0 Å². The number of benzene rings is 1. The van der Waals surface area contributed by atoms with E-state index in [2.05, 4.69) is 31.2 Å². The first-order valence-corrected chi connectivity index (χ1v) is 8.39. The lowest BCUT2D eigenvalue weighted by Crippen LogP contribution is -2.21. The molecule has 22 heavy (non-hydrogen) atoms. The summed E-state index contributed by atoms with van der Waals surface area (Å²) in [6.07, 6.45) is 2.07. The Hall–Kier alpha value is -0.970. The van der Waals surface area contributed by atoms with Gasteiger partial charge in [0.05, 0.1) is 13.2 Å². The van der Waals surface area contributed by atoms with Crippen LogP contribution in [0.3, 0.4) is 0 Å². The van der Waals surface area contributed by atoms with Crippen LogP contribution < -0.4 is 14.8 Å². The molecule has 0 amide bonds. The monoisotopic (exact) mass is 328 g/mol. The second-order valence-corrected chi connectivity index (χ2v) is 5.91. The third-order valence-corrected chi connectivity index (χ3v) is 3.50. The van der Waals surface area contributed by atoms with E-state index in [-0.39, 0.29) is 0 Å². The van der Waals surface area contributed by atoms with Gasteiger partial charge in [-0.05, 0) is 58.6 Å². The van der Waals surface area contributed by atoms with E-state index in [0.717, 1.165) is 54.6 Å². The minimum atomic E-state index is 0.611. The van der Waals surface area contributed by atoms with E-state index >= 15 is 0 Å². The normalized spacial score (nSPS) is 11.0. The zero-order valence-corrected chi connectivity index (χ0v) is 15.0. The fraction of sp³-hybridized carbons (Fsp3) is 0.647. The van der Waals surface area contributed by atoms with Gasteiger partial charge in [0.1, 0.15) is 0 Å². The first-order valence-electron chi connectivity index (χ1n) is 8.01. The molecule has 0 heterocycles. The van der Waals surface area contributed by atoms with Gasteiger partial charge in [0, 0.05) is 17.6 Å². The van der Waals surface area contributed by atoms with Crippen LogP contribution in [-0.4, -0.2) is 45.3 Å². The molecule has 0 saturated heterocycles. The van der Waals surface area contributed by atoms with E-state index in [1.165, 1.54) is 0 Å². The summed E-state index contributed by atoms with van der Waals surface area (Å²) in [4.78, 5) is 2.18. The van der Waals surface area contributed by atoms with Crippen molar-refractivity contribution in [2.45, 2.75) is 33.2 Å². The molecule has 0 atom stereocenters. The number of nitrogens with one attached hydrogen (secondary N) is 1. The Balaban J connectivity index is 2.64. The molecule has 0 aromatic heterocycles. The Morgan fingerprint density at radius 1 is 1.14 bits per heavy atom. The third-order valence-electron chi connectivity index (χ3n) is 3.15. The third kappa shape index (κ3) is 6.86. The molecule has 1 aromatic rings. The Labute approximate surface area is 139 Å². The Morgan fingerprint density at radius 3 is 2.50 bits per heavy atom. The first kappa shape index (κ1) is 19.1. The van der Waals surface area contributed by atoms with Crippen molar-refractivity contribution < 1.29 is 9.47 Å². The summed E-state index contributed by atoms with van der Waals surface area (Å²) in [7, 11) is 4.17. The van der Waals surface area contributed by atoms with Crippen LogP contribution in [0.15, 0.2) is 12.1 Å². The number of nitrogens with zero attached hydrogens (tertiary/aromatic N) is 1. The van der Waals surface area contributed by atoms with Crippen molar-refractivity contribution in [3.63, 3.8) is 0 Å². The van der Waals surface area contributed by atoms with Gasteiger partial charge in [-0.2, -0.15) is 0 Å². The fourth-order valence-corrected chi connectivity index (χ4v) is 2.27. The second-order valence-electron chi connectivity index (χ2n) is 5.51. The van der Waals surface area contributed by atoms with Gasteiger partial charge >= 0.3 is 0 Å². The Kier molecular flexibility index (Phi) is 9.28. The van der Waals surface area contributed by atoms with E-state index in [1.54, 1.807) is 0 Å². The molecule has 0 radical (unpaired) electrons. The molecule has 0 aliphatic rings. The summed E-state index contributed by atoms with van der Waals surface area (Å²) in [5.41, 5.74) is 1.04. The van der Waals surface area contributed by atoms with Crippen molar-refractivity contribution in [3.05, 3.63) is 22.7 Å². The van der Waals surface area contributed by atoms with Crippen LogP contribution in [0.5, 0.6) is 11.5 Å². The number of hydrogen-bond acceptors (Lipinski definition) is 4. The lowest BCUT2D eigenvalue weighted by Gasteiger charge is -2.15. The standard InChI is InChI=1S/C17H29ClN2O2/c1-5-10-22-17-12-15(18)14(11-16(17)21-6-2)13-19-8-7-9-20(3)4/h11-12,19H,5-10,13H2,1-4H3. The largest absolute Gasteiger partial charge is 0.490 e. The molecule has 126 valence electrons. The molecule has 0 fully saturated rings. The summed E-state index contributed by atoms with van der Waals surface area (Å²) < 4.78 is 11.4. The maximum Gasteiger partial charge on any atom is 0.162 e. The van der Waals surface area contributed by atoms with Gasteiger partial charge in [0.15, 0.2) is 11.5 Å². The van der Waals surface area contributed by atoms with Crippen LogP contribution in [0.1, 0.15) is 32.3 Å². The topological polar surface area (TPSA) is 33.7 Å². The van der Waals surface area contributed by atoms with Crippen LogP contribution >= 0.6 is 11.6 Å². The molecule has 5 heteroatoms. The lowest BCUT2D eigenvalue weighted by molar-refractivity contribution is 0.276. The smallest absolute Gasteiger partial charge is 0.162 e. The zero-order chi connectivity index (χ0) is 16.4. The van der Waals surface area contributed by atoms with E-state index in [1.807, 2.05) is 19.1 Å². The lowest BCUT2D eigenvalue weighted by atomic mass is 10.2. The van der Waals surface area contributed by atoms with Crippen LogP contribution in [0.2, 0.25) is 5.02 Å². The average Bonchev–Trinajstić information content (AvgIpc) is 2.48.